The first-order valence-electron chi connectivity index (χ1n) is 20.3. The molecule has 0 spiro atoms. The number of phenolic OH excluding ortho intramolecular Hbond substituents is 1. The molecule has 16 N–H and O–H groups in total. The Morgan fingerprint density at radius 2 is 1.12 bits per heavy atom. The summed E-state index contributed by atoms with van der Waals surface area (Å²) in [6, 6.07) is -3.99. The third-order valence-electron chi connectivity index (χ3n) is 9.47. The molecule has 0 saturated heterocycles. The number of thiol groups is 2. The van der Waals surface area contributed by atoms with Crippen molar-refractivity contribution in [3.05, 3.63) is 29.8 Å². The summed E-state index contributed by atoms with van der Waals surface area (Å²) >= 11 is 8.11. The van der Waals surface area contributed by atoms with Crippen molar-refractivity contribution in [1.29, 1.82) is 0 Å². The van der Waals surface area contributed by atoms with Gasteiger partial charge in [-0.25, -0.2) is 0 Å². The summed E-state index contributed by atoms with van der Waals surface area (Å²) in [7, 11) is 0. The van der Waals surface area contributed by atoms with Crippen molar-refractivity contribution in [3.63, 3.8) is 0 Å². The topological polar surface area (TPSA) is 385 Å². The Labute approximate surface area is 381 Å². The van der Waals surface area contributed by atoms with Crippen LogP contribution in [0.3, 0.4) is 0 Å². The molecule has 0 aliphatic rings. The van der Waals surface area contributed by atoms with Crippen LogP contribution in [-0.2, 0) is 54.4 Å². The minimum absolute atomic E-state index is 0.0388. The van der Waals surface area contributed by atoms with Crippen molar-refractivity contribution in [2.75, 3.05) is 24.6 Å². The van der Waals surface area contributed by atoms with Crippen LogP contribution in [0.2, 0.25) is 0 Å². The van der Waals surface area contributed by atoms with E-state index in [1.165, 1.54) is 24.3 Å². The quantitative estimate of drug-likeness (QED) is 0.0351. The molecule has 23 nitrogen and oxygen atoms in total. The Morgan fingerprint density at radius 1 is 0.609 bits per heavy atom. The van der Waals surface area contributed by atoms with E-state index in [-0.39, 0.29) is 36.0 Å². The highest BCUT2D eigenvalue weighted by Crippen LogP contribution is 2.14. The zero-order valence-electron chi connectivity index (χ0n) is 36.3. The summed E-state index contributed by atoms with van der Waals surface area (Å²) in [6.07, 6.45) is -2.02. The molecule has 9 atom stereocenters. The smallest absolute Gasteiger partial charge is 0.245 e. The summed E-state index contributed by atoms with van der Waals surface area (Å²) in [5.74, 6) is -10.1. The van der Waals surface area contributed by atoms with Gasteiger partial charge in [0.1, 0.15) is 42.0 Å². The molecule has 1 aromatic rings. The molecule has 0 fully saturated rings. The van der Waals surface area contributed by atoms with E-state index in [9.17, 15) is 58.2 Å². The van der Waals surface area contributed by atoms with Gasteiger partial charge in [-0.05, 0) is 42.9 Å². The number of nitrogens with two attached hydrogens (primary N) is 3. The molecule has 25 heteroatoms. The van der Waals surface area contributed by atoms with E-state index >= 15 is 0 Å². The lowest BCUT2D eigenvalue weighted by Gasteiger charge is -2.30. The molecular weight excluding hydrogens is 879 g/mol. The molecule has 358 valence electrons. The van der Waals surface area contributed by atoms with Crippen LogP contribution in [0.1, 0.15) is 59.4 Å². The summed E-state index contributed by atoms with van der Waals surface area (Å²) in [6.45, 7) is 6.94. The second kappa shape index (κ2) is 28.2. The van der Waals surface area contributed by atoms with E-state index in [1.807, 2.05) is 0 Å². The molecule has 0 saturated carbocycles. The van der Waals surface area contributed by atoms with E-state index in [0.717, 1.165) is 6.92 Å². The molecule has 0 bridgehead atoms. The van der Waals surface area contributed by atoms with Gasteiger partial charge in [-0.15, -0.1) is 0 Å². The van der Waals surface area contributed by atoms with Crippen LogP contribution >= 0.6 is 25.3 Å². The van der Waals surface area contributed by atoms with Crippen LogP contribution in [-0.4, -0.2) is 142 Å². The van der Waals surface area contributed by atoms with Gasteiger partial charge in [0.15, 0.2) is 0 Å². The molecule has 0 aromatic heterocycles. The zero-order valence-corrected chi connectivity index (χ0v) is 38.1. The van der Waals surface area contributed by atoms with Crippen LogP contribution in [0.4, 0.5) is 0 Å². The molecule has 9 unspecified atom stereocenters. The predicted molar refractivity (Wildman–Crippen MR) is 239 cm³/mol. The lowest BCUT2D eigenvalue weighted by Crippen LogP contribution is -2.63. The summed E-state index contributed by atoms with van der Waals surface area (Å²) in [5, 5.41) is 39.4. The summed E-state index contributed by atoms with van der Waals surface area (Å²) in [4.78, 5) is 129. The number of nitrogens with one attached hydrogen (secondary N) is 8. The Morgan fingerprint density at radius 3 is 1.64 bits per heavy atom. The van der Waals surface area contributed by atoms with Crippen LogP contribution in [0, 0.1) is 11.8 Å². The molecule has 0 aliphatic heterocycles. The molecule has 1 aromatic carbocycles. The van der Waals surface area contributed by atoms with E-state index in [0.29, 0.717) is 12.0 Å². The molecule has 10 amide bonds. The maximum atomic E-state index is 13.8. The van der Waals surface area contributed by atoms with Crippen molar-refractivity contribution in [1.82, 2.24) is 42.5 Å². The normalized spacial score (nSPS) is 15.2. The number of benzene rings is 1. The molecule has 64 heavy (non-hydrogen) atoms. The first-order valence-corrected chi connectivity index (χ1v) is 21.6. The van der Waals surface area contributed by atoms with E-state index in [1.54, 1.807) is 27.7 Å². The Balaban J connectivity index is 3.19. The number of aliphatic hydroxyl groups excluding tert-OH is 1. The fourth-order valence-corrected chi connectivity index (χ4v) is 6.14. The molecule has 0 aliphatic carbocycles. The number of hydrogen-bond donors (Lipinski definition) is 15. The van der Waals surface area contributed by atoms with Gasteiger partial charge in [-0.3, -0.25) is 47.9 Å². The van der Waals surface area contributed by atoms with Crippen LogP contribution < -0.4 is 59.7 Å². The number of aromatic hydroxyl groups is 1. The monoisotopic (exact) mass is 941 g/mol. The van der Waals surface area contributed by atoms with E-state index in [4.69, 9.17) is 17.2 Å². The molecule has 1 rings (SSSR count). The number of hydrogen-bond acceptors (Lipinski definition) is 15. The average molecular weight is 942 g/mol. The van der Waals surface area contributed by atoms with Crippen molar-refractivity contribution < 1.29 is 58.2 Å². The maximum absolute atomic E-state index is 13.8. The van der Waals surface area contributed by atoms with Gasteiger partial charge < -0.3 is 69.9 Å². The third kappa shape index (κ3) is 20.2. The van der Waals surface area contributed by atoms with Crippen molar-refractivity contribution >= 4 is 84.3 Å². The number of rotatable bonds is 28. The lowest BCUT2D eigenvalue weighted by molar-refractivity contribution is -0.138. The maximum Gasteiger partial charge on any atom is 0.245 e. The molecule has 0 radical (unpaired) electrons. The minimum atomic E-state index is -1.79. The third-order valence-corrected chi connectivity index (χ3v) is 10.2. The summed E-state index contributed by atoms with van der Waals surface area (Å²) in [5.41, 5.74) is 16.8. The van der Waals surface area contributed by atoms with E-state index in [2.05, 4.69) is 67.8 Å². The second-order valence-electron chi connectivity index (χ2n) is 15.4. The lowest BCUT2D eigenvalue weighted by atomic mass is 9.96. The van der Waals surface area contributed by atoms with Gasteiger partial charge in [0.05, 0.1) is 31.7 Å². The van der Waals surface area contributed by atoms with Gasteiger partial charge in [-0.1, -0.05) is 46.2 Å². The van der Waals surface area contributed by atoms with Crippen molar-refractivity contribution in [2.45, 2.75) is 109 Å². The highest BCUT2D eigenvalue weighted by molar-refractivity contribution is 7.80. The predicted octanol–water partition coefficient (Wildman–Crippen LogP) is -4.90. The van der Waals surface area contributed by atoms with Gasteiger partial charge >= 0.3 is 0 Å². The first kappa shape index (κ1) is 56.4. The first-order chi connectivity index (χ1) is 29.9. The zero-order chi connectivity index (χ0) is 48.8. The largest absolute Gasteiger partial charge is 0.508 e. The molecular formula is C39H63N11O12S2. The number of phenols is 1. The van der Waals surface area contributed by atoms with Gasteiger partial charge in [-0.2, -0.15) is 25.3 Å². The minimum Gasteiger partial charge on any atom is -0.508 e. The number of carbonyl (C=O) groups excluding carboxylic acids is 10. The number of amides is 10. The van der Waals surface area contributed by atoms with Gasteiger partial charge in [0.25, 0.3) is 0 Å². The molecule has 0 heterocycles. The highest BCUT2D eigenvalue weighted by Gasteiger charge is 2.36. The number of carbonyl (C=O) groups is 10. The van der Waals surface area contributed by atoms with Gasteiger partial charge in [0, 0.05) is 17.9 Å². The van der Waals surface area contributed by atoms with Crippen molar-refractivity contribution in [3.8, 4) is 5.75 Å². The SMILES string of the molecule is CCC(C)C(NC(=O)C(Cc1ccc(O)cc1)NC(=O)C(N)CS)C(=O)NC(C(=O)NC(CC(N)=O)C(=O)NC(CS)C(=O)NCC(=O)NC(CC(C)C)C(=O)NCC(N)=O)C(C)O. The average Bonchev–Trinajstić information content (AvgIpc) is 3.23. The fourth-order valence-electron chi connectivity index (χ4n) is 5.72. The Hall–Kier alpha value is -5.66. The Bertz CT molecular complexity index is 1810. The number of primary amides is 2. The summed E-state index contributed by atoms with van der Waals surface area (Å²) < 4.78 is 0. The van der Waals surface area contributed by atoms with Crippen molar-refractivity contribution in [2.24, 2.45) is 29.0 Å². The second-order valence-corrected chi connectivity index (χ2v) is 16.2. The van der Waals surface area contributed by atoms with E-state index < -0.39 is 133 Å². The Kier molecular flexibility index (Phi) is 24.8. The van der Waals surface area contributed by atoms with Crippen LogP contribution in [0.5, 0.6) is 5.75 Å². The number of aliphatic hydroxyl groups is 1. The van der Waals surface area contributed by atoms with Gasteiger partial charge in [0.2, 0.25) is 59.1 Å². The van der Waals surface area contributed by atoms with Crippen LogP contribution in [0.25, 0.3) is 0 Å². The van der Waals surface area contributed by atoms with Crippen LogP contribution in [0.15, 0.2) is 24.3 Å². The standard InChI is InChI=1S/C39H63N11O12S2/c1-6-19(4)31(49-37(60)25(46-33(56)23(40)16-63)12-21-7-9-22(52)10-8-21)38(61)50-32(20(5)51)39(62)47-26(13-28(41)53)36(59)48-27(17-64)35(58)44-15-30(55)45-24(11-18(2)3)34(57)43-14-29(42)54/h7-10,18-20,23-27,31-32,51-52,63-64H,6,11-17,40H2,1-5H3,(H2,41,53)(H2,42,54)(H,43,57)(H,44,58)(H,45,55)(H,46,56)(H,47,62)(H,48,59)(H,49,60)(H,50,61). The highest BCUT2D eigenvalue weighted by atomic mass is 32.1. The fraction of sp³-hybridized carbons (Fsp3) is 0.590.